The number of pyridine rings is 1. The van der Waals surface area contributed by atoms with Gasteiger partial charge in [0.05, 0.1) is 16.2 Å². The first-order chi connectivity index (χ1) is 16.1. The third kappa shape index (κ3) is 4.76. The van der Waals surface area contributed by atoms with Gasteiger partial charge < -0.3 is 10.1 Å². The quantitative estimate of drug-likeness (QED) is 0.351. The lowest BCUT2D eigenvalue weighted by molar-refractivity contribution is -0.385. The molecule has 0 spiro atoms. The minimum atomic E-state index is -0.594. The Kier molecular flexibility index (Phi) is 6.08. The van der Waals surface area contributed by atoms with Crippen molar-refractivity contribution in [3.63, 3.8) is 0 Å². The van der Waals surface area contributed by atoms with Crippen molar-refractivity contribution in [2.45, 2.75) is 51.2 Å². The van der Waals surface area contributed by atoms with Gasteiger partial charge in [-0.05, 0) is 51.7 Å². The second-order valence-electron chi connectivity index (χ2n) is 9.47. The molecule has 0 unspecified atom stereocenters. The average molecular weight is 464 g/mol. The van der Waals surface area contributed by atoms with E-state index >= 15 is 0 Å². The van der Waals surface area contributed by atoms with Crippen molar-refractivity contribution in [1.29, 1.82) is 0 Å². The number of aromatic nitrogens is 1. The molecule has 0 radical (unpaired) electrons. The van der Waals surface area contributed by atoms with Crippen LogP contribution in [0.5, 0.6) is 0 Å². The maximum atomic E-state index is 14.6. The van der Waals surface area contributed by atoms with Crippen LogP contribution in [0.1, 0.15) is 45.6 Å². The molecule has 34 heavy (non-hydrogen) atoms. The first-order valence-corrected chi connectivity index (χ1v) is 11.1. The Bertz CT molecular complexity index is 1230. The molecule has 176 valence electrons. The van der Waals surface area contributed by atoms with E-state index in [2.05, 4.69) is 10.3 Å². The topological polar surface area (TPSA) is 94.4 Å². The lowest BCUT2D eigenvalue weighted by Gasteiger charge is -2.43. The minimum absolute atomic E-state index is 0.214. The fourth-order valence-corrected chi connectivity index (χ4v) is 4.13. The number of nitro groups is 1. The van der Waals surface area contributed by atoms with Crippen LogP contribution < -0.4 is 5.32 Å². The number of nitrogens with zero attached hydrogens (tertiary/aromatic N) is 2. The summed E-state index contributed by atoms with van der Waals surface area (Å²) >= 11 is 0. The van der Waals surface area contributed by atoms with E-state index in [1.807, 2.05) is 45.0 Å². The number of carbonyl (C=O) groups excluding carboxylic acids is 1. The molecule has 3 aromatic rings. The van der Waals surface area contributed by atoms with Crippen LogP contribution in [-0.4, -0.2) is 21.6 Å². The predicted octanol–water partition coefficient (Wildman–Crippen LogP) is 6.37. The highest BCUT2D eigenvalue weighted by Crippen LogP contribution is 2.42. The average Bonchev–Trinajstić information content (AvgIpc) is 2.75. The normalized spacial score (nSPS) is 14.7. The van der Waals surface area contributed by atoms with Crippen LogP contribution in [0.25, 0.3) is 22.4 Å². The number of amides is 1. The van der Waals surface area contributed by atoms with Gasteiger partial charge in [-0.2, -0.15) is 0 Å². The number of rotatable bonds is 5. The number of nitrogens with one attached hydrogen (secondary N) is 1. The number of hydrogen-bond acceptors (Lipinski definition) is 5. The third-order valence-electron chi connectivity index (χ3n) is 5.91. The van der Waals surface area contributed by atoms with Gasteiger partial charge in [0.2, 0.25) is 0 Å². The van der Waals surface area contributed by atoms with Crippen molar-refractivity contribution < 1.29 is 18.8 Å². The highest BCUT2D eigenvalue weighted by molar-refractivity contribution is 5.82. The molecule has 2 aromatic carbocycles. The summed E-state index contributed by atoms with van der Waals surface area (Å²) in [5, 5.41) is 14.3. The van der Waals surface area contributed by atoms with E-state index in [9.17, 15) is 19.3 Å². The van der Waals surface area contributed by atoms with Crippen molar-refractivity contribution in [2.24, 2.45) is 0 Å². The van der Waals surface area contributed by atoms with Crippen molar-refractivity contribution in [1.82, 2.24) is 10.3 Å². The molecule has 1 heterocycles. The minimum Gasteiger partial charge on any atom is -0.444 e. The van der Waals surface area contributed by atoms with Crippen molar-refractivity contribution >= 4 is 11.8 Å². The van der Waals surface area contributed by atoms with E-state index in [-0.39, 0.29) is 11.3 Å². The molecule has 0 atom stereocenters. The van der Waals surface area contributed by atoms with Gasteiger partial charge in [0.25, 0.3) is 5.69 Å². The maximum Gasteiger partial charge on any atom is 0.408 e. The number of ether oxygens (including phenoxy) is 1. The Labute approximate surface area is 197 Å². The maximum absolute atomic E-state index is 14.6. The van der Waals surface area contributed by atoms with Gasteiger partial charge in [-0.3, -0.25) is 10.1 Å². The first kappa shape index (κ1) is 23.4. The first-order valence-electron chi connectivity index (χ1n) is 11.1. The van der Waals surface area contributed by atoms with E-state index < -0.39 is 28.0 Å². The number of halogens is 1. The van der Waals surface area contributed by atoms with E-state index in [1.54, 1.807) is 18.2 Å². The standard InChI is InChI=1S/C26H26FN3O4/c1-25(2,3)34-24(31)29-26(13-6-14-26)18-11-9-17(10-12-18)23-21(15-19(16-28-23)30(32)33)20-7-4-5-8-22(20)27/h4-5,7-12,15-16H,6,13-14H2,1-3H3,(H,29,31). The summed E-state index contributed by atoms with van der Waals surface area (Å²) in [5.41, 5.74) is 1.32. The van der Waals surface area contributed by atoms with Crippen molar-refractivity contribution in [3.8, 4) is 22.4 Å². The lowest BCUT2D eigenvalue weighted by Crippen LogP contribution is -2.52. The molecule has 7 nitrogen and oxygen atoms in total. The molecule has 1 aliphatic carbocycles. The molecule has 1 saturated carbocycles. The van der Waals surface area contributed by atoms with Gasteiger partial charge in [0.1, 0.15) is 17.6 Å². The summed E-state index contributed by atoms with van der Waals surface area (Å²) in [6, 6.07) is 14.9. The van der Waals surface area contributed by atoms with Crippen LogP contribution >= 0.6 is 0 Å². The number of hydrogen-bond donors (Lipinski definition) is 1. The highest BCUT2D eigenvalue weighted by Gasteiger charge is 2.41. The summed E-state index contributed by atoms with van der Waals surface area (Å²) in [6.45, 7) is 5.46. The SMILES string of the molecule is CC(C)(C)OC(=O)NC1(c2ccc(-c3ncc([N+](=O)[O-])cc3-c3ccccc3F)cc2)CCC1. The van der Waals surface area contributed by atoms with E-state index in [0.29, 0.717) is 16.8 Å². The summed E-state index contributed by atoms with van der Waals surface area (Å²) < 4.78 is 20.0. The van der Waals surface area contributed by atoms with Gasteiger partial charge in [-0.1, -0.05) is 42.5 Å². The molecular weight excluding hydrogens is 437 g/mol. The molecule has 4 rings (SSSR count). The van der Waals surface area contributed by atoms with Crippen LogP contribution in [0.2, 0.25) is 0 Å². The predicted molar refractivity (Wildman–Crippen MR) is 127 cm³/mol. The second kappa shape index (κ2) is 8.85. The van der Waals surface area contributed by atoms with Crippen LogP contribution in [0.15, 0.2) is 60.8 Å². The Morgan fingerprint density at radius 3 is 2.35 bits per heavy atom. The zero-order valence-corrected chi connectivity index (χ0v) is 19.3. The van der Waals surface area contributed by atoms with Crippen LogP contribution in [0.3, 0.4) is 0 Å². The van der Waals surface area contributed by atoms with E-state index in [1.165, 1.54) is 18.3 Å². The number of benzene rings is 2. The Morgan fingerprint density at radius 1 is 1.12 bits per heavy atom. The van der Waals surface area contributed by atoms with E-state index in [4.69, 9.17) is 4.74 Å². The summed E-state index contributed by atoms with van der Waals surface area (Å²) in [6.07, 6.45) is 3.28. The van der Waals surface area contributed by atoms with Crippen molar-refractivity contribution in [3.05, 3.63) is 82.3 Å². The Hall–Kier alpha value is -3.81. The monoisotopic (exact) mass is 463 g/mol. The van der Waals surface area contributed by atoms with Crippen LogP contribution in [0.4, 0.5) is 14.9 Å². The molecule has 0 aliphatic heterocycles. The molecule has 1 aliphatic rings. The molecular formula is C26H26FN3O4. The fourth-order valence-electron chi connectivity index (χ4n) is 4.13. The zero-order valence-electron chi connectivity index (χ0n) is 19.3. The molecule has 1 fully saturated rings. The third-order valence-corrected chi connectivity index (χ3v) is 5.91. The highest BCUT2D eigenvalue weighted by atomic mass is 19.1. The molecule has 0 saturated heterocycles. The summed E-state index contributed by atoms with van der Waals surface area (Å²) in [5.74, 6) is -0.488. The zero-order chi connectivity index (χ0) is 24.5. The molecule has 1 amide bonds. The van der Waals surface area contributed by atoms with Crippen LogP contribution in [0, 0.1) is 15.9 Å². The number of alkyl carbamates (subject to hydrolysis) is 1. The van der Waals surface area contributed by atoms with Crippen molar-refractivity contribution in [2.75, 3.05) is 0 Å². The number of carbonyl (C=O) groups is 1. The molecule has 8 heteroatoms. The van der Waals surface area contributed by atoms with E-state index in [0.717, 1.165) is 24.8 Å². The van der Waals surface area contributed by atoms with Gasteiger partial charge in [-0.15, -0.1) is 0 Å². The Balaban J connectivity index is 1.69. The summed E-state index contributed by atoms with van der Waals surface area (Å²) in [4.78, 5) is 27.5. The smallest absolute Gasteiger partial charge is 0.408 e. The molecule has 1 aromatic heterocycles. The lowest BCUT2D eigenvalue weighted by atomic mass is 9.71. The van der Waals surface area contributed by atoms with Gasteiger partial charge in [0, 0.05) is 22.8 Å². The summed E-state index contributed by atoms with van der Waals surface area (Å²) in [7, 11) is 0. The molecule has 0 bridgehead atoms. The molecule has 1 N–H and O–H groups in total. The largest absolute Gasteiger partial charge is 0.444 e. The Morgan fingerprint density at radius 2 is 1.79 bits per heavy atom. The van der Waals surface area contributed by atoms with Crippen LogP contribution in [-0.2, 0) is 10.3 Å². The van der Waals surface area contributed by atoms with Gasteiger partial charge in [-0.25, -0.2) is 14.2 Å². The fraction of sp³-hybridized carbons (Fsp3) is 0.308. The second-order valence-corrected chi connectivity index (χ2v) is 9.47. The van der Waals surface area contributed by atoms with Gasteiger partial charge >= 0.3 is 6.09 Å². The van der Waals surface area contributed by atoms with Gasteiger partial charge in [0.15, 0.2) is 0 Å².